The zero-order valence-corrected chi connectivity index (χ0v) is 26.3. The van der Waals surface area contributed by atoms with E-state index in [1.54, 1.807) is 26.0 Å². The third kappa shape index (κ3) is 8.95. The fraction of sp³-hybridized carbons (Fsp3) is 0.486. The summed E-state index contributed by atoms with van der Waals surface area (Å²) in [6.07, 6.45) is 4.15. The number of carbonyl (C=O) groups is 2. The molecule has 4 heteroatoms. The Bertz CT molecular complexity index is 1100. The number of carbonyl (C=O) groups excluding carboxylic acids is 2. The SMILES string of the molecule is CC(=O)/C=C(\C)Nc1c(C(C)C)cc(Cc2cc(C(C)C)c(N/C(C)=C/C(C)=O)c(C(C)C)c2)cc1C(C)C. The Labute approximate surface area is 237 Å². The van der Waals surface area contributed by atoms with Crippen LogP contribution < -0.4 is 10.6 Å². The van der Waals surface area contributed by atoms with E-state index in [4.69, 9.17) is 0 Å². The Morgan fingerprint density at radius 3 is 1.03 bits per heavy atom. The highest BCUT2D eigenvalue weighted by Crippen LogP contribution is 2.38. The van der Waals surface area contributed by atoms with E-state index in [2.05, 4.69) is 90.3 Å². The second-order valence-electron chi connectivity index (χ2n) is 12.2. The van der Waals surface area contributed by atoms with Crippen LogP contribution in [0.5, 0.6) is 0 Å². The first-order valence-corrected chi connectivity index (χ1v) is 14.4. The van der Waals surface area contributed by atoms with E-state index in [9.17, 15) is 9.59 Å². The van der Waals surface area contributed by atoms with Crippen LogP contribution in [0.15, 0.2) is 47.8 Å². The second kappa shape index (κ2) is 13.8. The van der Waals surface area contributed by atoms with E-state index >= 15 is 0 Å². The van der Waals surface area contributed by atoms with Crippen molar-refractivity contribution in [2.24, 2.45) is 0 Å². The van der Waals surface area contributed by atoms with Crippen LogP contribution in [-0.2, 0) is 16.0 Å². The van der Waals surface area contributed by atoms with Gasteiger partial charge in [-0.1, -0.05) is 79.7 Å². The minimum absolute atomic E-state index is 0.0423. The van der Waals surface area contributed by atoms with Gasteiger partial charge in [-0.25, -0.2) is 0 Å². The molecule has 0 aliphatic heterocycles. The number of hydrogen-bond donors (Lipinski definition) is 2. The summed E-state index contributed by atoms with van der Waals surface area (Å²) in [4.78, 5) is 23.4. The molecule has 2 aromatic rings. The van der Waals surface area contributed by atoms with Crippen molar-refractivity contribution in [2.75, 3.05) is 10.6 Å². The van der Waals surface area contributed by atoms with E-state index in [0.29, 0.717) is 23.7 Å². The van der Waals surface area contributed by atoms with Crippen LogP contribution in [0, 0.1) is 0 Å². The number of nitrogens with one attached hydrogen (secondary N) is 2. The van der Waals surface area contributed by atoms with Gasteiger partial charge in [0.1, 0.15) is 0 Å². The van der Waals surface area contributed by atoms with Gasteiger partial charge in [0.05, 0.1) is 0 Å². The number of ketones is 2. The number of anilines is 2. The second-order valence-corrected chi connectivity index (χ2v) is 12.2. The fourth-order valence-corrected chi connectivity index (χ4v) is 5.13. The number of rotatable bonds is 12. The number of benzene rings is 2. The molecule has 2 rings (SSSR count). The van der Waals surface area contributed by atoms with Gasteiger partial charge in [0.25, 0.3) is 0 Å². The Morgan fingerprint density at radius 1 is 0.564 bits per heavy atom. The minimum Gasteiger partial charge on any atom is -0.359 e. The van der Waals surface area contributed by atoms with Gasteiger partial charge in [0.15, 0.2) is 11.6 Å². The summed E-state index contributed by atoms with van der Waals surface area (Å²) >= 11 is 0. The molecule has 0 unspecified atom stereocenters. The van der Waals surface area contributed by atoms with Gasteiger partial charge >= 0.3 is 0 Å². The molecule has 39 heavy (non-hydrogen) atoms. The summed E-state index contributed by atoms with van der Waals surface area (Å²) in [7, 11) is 0. The summed E-state index contributed by atoms with van der Waals surface area (Å²) in [6.45, 7) is 24.9. The van der Waals surface area contributed by atoms with Crippen molar-refractivity contribution in [3.8, 4) is 0 Å². The summed E-state index contributed by atoms with van der Waals surface area (Å²) in [5.74, 6) is 1.40. The third-order valence-corrected chi connectivity index (χ3v) is 6.90. The smallest absolute Gasteiger partial charge is 0.154 e. The Balaban J connectivity index is 2.67. The minimum atomic E-state index is 0.0423. The molecule has 0 saturated carbocycles. The van der Waals surface area contributed by atoms with Crippen LogP contribution in [0.4, 0.5) is 11.4 Å². The van der Waals surface area contributed by atoms with Gasteiger partial charge in [-0.3, -0.25) is 9.59 Å². The summed E-state index contributed by atoms with van der Waals surface area (Å²) in [6, 6.07) is 9.32. The largest absolute Gasteiger partial charge is 0.359 e. The lowest BCUT2D eigenvalue weighted by atomic mass is 9.86. The molecule has 2 N–H and O–H groups in total. The highest BCUT2D eigenvalue weighted by Gasteiger charge is 2.19. The fourth-order valence-electron chi connectivity index (χ4n) is 5.13. The van der Waals surface area contributed by atoms with Crippen LogP contribution in [0.25, 0.3) is 0 Å². The quantitative estimate of drug-likeness (QED) is 0.268. The first-order valence-electron chi connectivity index (χ1n) is 14.4. The van der Waals surface area contributed by atoms with Crippen molar-refractivity contribution in [3.63, 3.8) is 0 Å². The molecule has 0 aliphatic carbocycles. The topological polar surface area (TPSA) is 58.2 Å². The summed E-state index contributed by atoms with van der Waals surface area (Å²) in [5.41, 5.74) is 11.6. The molecule has 0 spiro atoms. The standard InChI is InChI=1S/C35H50N2O2/c1-20(2)30-16-28(17-31(21(3)4)34(30)36-24(9)13-26(11)38)15-29-18-32(22(5)6)35(33(19-29)23(7)8)37-25(10)14-27(12)39/h13-14,16-23,36-37H,15H2,1-12H3/b24-13+,25-14+. The van der Waals surface area contributed by atoms with Crippen LogP contribution in [0.3, 0.4) is 0 Å². The molecule has 0 fully saturated rings. The molecule has 0 aromatic heterocycles. The molecule has 212 valence electrons. The number of hydrogen-bond acceptors (Lipinski definition) is 4. The first kappa shape index (κ1) is 32.1. The molecule has 2 aromatic carbocycles. The van der Waals surface area contributed by atoms with Crippen molar-refractivity contribution in [1.82, 2.24) is 0 Å². The molecular weight excluding hydrogens is 480 g/mol. The van der Waals surface area contributed by atoms with Crippen molar-refractivity contribution in [2.45, 2.75) is 113 Å². The van der Waals surface area contributed by atoms with Crippen molar-refractivity contribution >= 4 is 22.9 Å². The predicted molar refractivity (Wildman–Crippen MR) is 168 cm³/mol. The maximum Gasteiger partial charge on any atom is 0.154 e. The van der Waals surface area contributed by atoms with E-state index in [-0.39, 0.29) is 11.6 Å². The van der Waals surface area contributed by atoms with Gasteiger partial charge in [0.2, 0.25) is 0 Å². The van der Waals surface area contributed by atoms with Crippen molar-refractivity contribution < 1.29 is 9.59 Å². The molecule has 0 atom stereocenters. The van der Waals surface area contributed by atoms with Crippen LogP contribution >= 0.6 is 0 Å². The molecule has 0 heterocycles. The summed E-state index contributed by atoms with van der Waals surface area (Å²) < 4.78 is 0. The van der Waals surface area contributed by atoms with Gasteiger partial charge in [-0.15, -0.1) is 0 Å². The van der Waals surface area contributed by atoms with E-state index in [0.717, 1.165) is 29.2 Å². The molecule has 0 amide bonds. The van der Waals surface area contributed by atoms with Crippen molar-refractivity contribution in [3.05, 3.63) is 81.2 Å². The summed E-state index contributed by atoms with van der Waals surface area (Å²) in [5, 5.41) is 7.11. The van der Waals surface area contributed by atoms with Gasteiger partial charge in [-0.2, -0.15) is 0 Å². The zero-order chi connectivity index (χ0) is 29.6. The maximum absolute atomic E-state index is 11.7. The lowest BCUT2D eigenvalue weighted by molar-refractivity contribution is -0.113. The maximum atomic E-state index is 11.7. The average molecular weight is 531 g/mol. The van der Waals surface area contributed by atoms with Gasteiger partial charge < -0.3 is 10.6 Å². The molecule has 0 saturated heterocycles. The van der Waals surface area contributed by atoms with Gasteiger partial charge in [0, 0.05) is 22.8 Å². The third-order valence-electron chi connectivity index (χ3n) is 6.90. The van der Waals surface area contributed by atoms with Crippen molar-refractivity contribution in [1.29, 1.82) is 0 Å². The lowest BCUT2D eigenvalue weighted by Crippen LogP contribution is -2.10. The molecule has 4 nitrogen and oxygen atoms in total. The molecular formula is C35H50N2O2. The molecule has 0 bridgehead atoms. The lowest BCUT2D eigenvalue weighted by Gasteiger charge is -2.25. The normalized spacial score (nSPS) is 12.6. The predicted octanol–water partition coefficient (Wildman–Crippen LogP) is 9.58. The Morgan fingerprint density at radius 2 is 0.821 bits per heavy atom. The van der Waals surface area contributed by atoms with Crippen LogP contribution in [-0.4, -0.2) is 11.6 Å². The Hall–Kier alpha value is -3.14. The van der Waals surface area contributed by atoms with Crippen LogP contribution in [0.2, 0.25) is 0 Å². The molecule has 0 aliphatic rings. The monoisotopic (exact) mass is 530 g/mol. The highest BCUT2D eigenvalue weighted by molar-refractivity contribution is 5.89. The number of allylic oxidation sites excluding steroid dienone is 4. The van der Waals surface area contributed by atoms with Gasteiger partial charge in [-0.05, 0) is 103 Å². The van der Waals surface area contributed by atoms with Crippen LogP contribution in [0.1, 0.15) is 140 Å². The Kier molecular flexibility index (Phi) is 11.3. The highest BCUT2D eigenvalue weighted by atomic mass is 16.1. The average Bonchev–Trinajstić information content (AvgIpc) is 2.78. The zero-order valence-electron chi connectivity index (χ0n) is 26.3. The molecule has 0 radical (unpaired) electrons. The van der Waals surface area contributed by atoms with E-state index in [1.165, 1.54) is 33.4 Å². The first-order chi connectivity index (χ1) is 18.1. The van der Waals surface area contributed by atoms with E-state index in [1.807, 2.05) is 13.8 Å². The van der Waals surface area contributed by atoms with E-state index < -0.39 is 0 Å².